The highest BCUT2D eigenvalue weighted by Crippen LogP contribution is 2.29. The van der Waals surface area contributed by atoms with E-state index in [1.54, 1.807) is 10.9 Å². The Morgan fingerprint density at radius 3 is 2.68 bits per heavy atom. The quantitative estimate of drug-likeness (QED) is 0.906. The zero-order chi connectivity index (χ0) is 15.7. The number of amides is 1. The van der Waals surface area contributed by atoms with E-state index in [0.717, 1.165) is 23.8 Å². The van der Waals surface area contributed by atoms with E-state index in [0.29, 0.717) is 13.1 Å². The van der Waals surface area contributed by atoms with Crippen molar-refractivity contribution in [2.75, 3.05) is 18.4 Å². The average Bonchev–Trinajstić information content (AvgIpc) is 3.05. The van der Waals surface area contributed by atoms with Gasteiger partial charge in [0.25, 0.3) is 0 Å². The fraction of sp³-hybridized carbons (Fsp3) is 0.333. The highest BCUT2D eigenvalue weighted by Gasteiger charge is 2.34. The summed E-state index contributed by atoms with van der Waals surface area (Å²) in [5, 5.41) is 9.88. The van der Waals surface area contributed by atoms with Gasteiger partial charge in [-0.15, -0.1) is 0 Å². The summed E-state index contributed by atoms with van der Waals surface area (Å²) in [7, 11) is 1.82. The van der Waals surface area contributed by atoms with Crippen molar-refractivity contribution < 1.29 is 13.6 Å². The fourth-order valence-corrected chi connectivity index (χ4v) is 2.80. The second-order valence-electron chi connectivity index (χ2n) is 5.47. The molecule has 0 unspecified atom stereocenters. The number of halogens is 2. The van der Waals surface area contributed by atoms with Gasteiger partial charge in [-0.2, -0.15) is 5.10 Å². The van der Waals surface area contributed by atoms with Crippen LogP contribution in [0, 0.1) is 17.6 Å². The Balaban J connectivity index is 1.76. The molecule has 0 spiro atoms. The van der Waals surface area contributed by atoms with E-state index in [-0.39, 0.29) is 23.4 Å². The number of carbonyl (C=O) groups is 1. The molecule has 7 heteroatoms. The Labute approximate surface area is 126 Å². The first-order chi connectivity index (χ1) is 10.5. The molecule has 0 bridgehead atoms. The normalized spacial score (nSPS) is 21.0. The molecular formula is C15H16F2N4O. The number of nitrogens with one attached hydrogen (secondary N) is 2. The number of aryl methyl sites for hydroxylation is 1. The fourth-order valence-electron chi connectivity index (χ4n) is 2.80. The lowest BCUT2D eigenvalue weighted by molar-refractivity contribution is -0.119. The van der Waals surface area contributed by atoms with Crippen molar-refractivity contribution in [1.29, 1.82) is 0 Å². The molecule has 5 nitrogen and oxygen atoms in total. The van der Waals surface area contributed by atoms with Crippen molar-refractivity contribution in [2.45, 2.75) is 5.92 Å². The number of nitrogens with zero attached hydrogens (tertiary/aromatic N) is 2. The highest BCUT2D eigenvalue weighted by atomic mass is 19.1. The largest absolute Gasteiger partial charge is 0.326 e. The Morgan fingerprint density at radius 1 is 1.32 bits per heavy atom. The van der Waals surface area contributed by atoms with Gasteiger partial charge in [-0.3, -0.25) is 9.48 Å². The van der Waals surface area contributed by atoms with E-state index >= 15 is 0 Å². The van der Waals surface area contributed by atoms with Crippen LogP contribution in [0.1, 0.15) is 11.5 Å². The van der Waals surface area contributed by atoms with Crippen molar-refractivity contribution in [3.05, 3.63) is 47.8 Å². The summed E-state index contributed by atoms with van der Waals surface area (Å²) in [5.41, 5.74) is 1.09. The van der Waals surface area contributed by atoms with E-state index in [1.807, 2.05) is 13.2 Å². The molecule has 0 radical (unpaired) electrons. The Morgan fingerprint density at radius 2 is 2.05 bits per heavy atom. The van der Waals surface area contributed by atoms with Gasteiger partial charge in [0.05, 0.1) is 12.1 Å². The molecule has 22 heavy (non-hydrogen) atoms. The predicted octanol–water partition coefficient (Wildman–Crippen LogP) is 1.64. The van der Waals surface area contributed by atoms with Gasteiger partial charge >= 0.3 is 0 Å². The summed E-state index contributed by atoms with van der Waals surface area (Å²) in [6, 6.07) is 2.97. The lowest BCUT2D eigenvalue weighted by Crippen LogP contribution is -2.28. The molecule has 1 aliphatic heterocycles. The molecule has 1 aromatic heterocycles. The van der Waals surface area contributed by atoms with Gasteiger partial charge in [-0.05, 0) is 17.7 Å². The minimum atomic E-state index is -0.719. The highest BCUT2D eigenvalue weighted by molar-refractivity contribution is 5.93. The third-order valence-electron chi connectivity index (χ3n) is 3.83. The SMILES string of the molecule is Cn1cc([C@H]2CNC[C@@H]2C(=O)Nc2cc(F)cc(F)c2)cn1. The van der Waals surface area contributed by atoms with Crippen LogP contribution in [-0.4, -0.2) is 28.8 Å². The molecule has 3 rings (SSSR count). The number of benzene rings is 1. The van der Waals surface area contributed by atoms with Crippen LogP contribution in [0.3, 0.4) is 0 Å². The standard InChI is InChI=1S/C15H16F2N4O/c1-21-8-9(5-19-21)13-6-18-7-14(13)15(22)20-12-3-10(16)2-11(17)4-12/h2-5,8,13-14,18H,6-7H2,1H3,(H,20,22)/t13-,14+/m1/s1. The molecular weight excluding hydrogens is 290 g/mol. The van der Waals surface area contributed by atoms with Crippen LogP contribution in [0.2, 0.25) is 0 Å². The van der Waals surface area contributed by atoms with Crippen molar-refractivity contribution in [1.82, 2.24) is 15.1 Å². The summed E-state index contributed by atoms with van der Waals surface area (Å²) in [6.07, 6.45) is 3.61. The number of carbonyl (C=O) groups excluding carboxylic acids is 1. The van der Waals surface area contributed by atoms with Crippen LogP contribution in [0.5, 0.6) is 0 Å². The molecule has 116 valence electrons. The lowest BCUT2D eigenvalue weighted by Gasteiger charge is -2.17. The van der Waals surface area contributed by atoms with E-state index in [4.69, 9.17) is 0 Å². The Kier molecular flexibility index (Phi) is 3.89. The number of hydrogen-bond acceptors (Lipinski definition) is 3. The van der Waals surface area contributed by atoms with Crippen LogP contribution in [0.15, 0.2) is 30.6 Å². The van der Waals surface area contributed by atoms with Gasteiger partial charge in [0.1, 0.15) is 11.6 Å². The summed E-state index contributed by atoms with van der Waals surface area (Å²) in [6.45, 7) is 1.19. The maximum Gasteiger partial charge on any atom is 0.229 e. The van der Waals surface area contributed by atoms with Gasteiger partial charge in [0, 0.05) is 44.0 Å². The first-order valence-corrected chi connectivity index (χ1v) is 6.99. The molecule has 0 saturated carbocycles. The number of rotatable bonds is 3. The maximum absolute atomic E-state index is 13.2. The molecule has 1 fully saturated rings. The second kappa shape index (κ2) is 5.84. The van der Waals surface area contributed by atoms with Crippen LogP contribution in [-0.2, 0) is 11.8 Å². The van der Waals surface area contributed by atoms with Crippen molar-refractivity contribution in [2.24, 2.45) is 13.0 Å². The smallest absolute Gasteiger partial charge is 0.229 e. The molecule has 1 amide bonds. The first kappa shape index (κ1) is 14.6. The average molecular weight is 306 g/mol. The predicted molar refractivity (Wildman–Crippen MR) is 77.3 cm³/mol. The minimum Gasteiger partial charge on any atom is -0.326 e. The second-order valence-corrected chi connectivity index (χ2v) is 5.47. The molecule has 0 aliphatic carbocycles. The van der Waals surface area contributed by atoms with Crippen molar-refractivity contribution >= 4 is 11.6 Å². The molecule has 2 atom stereocenters. The van der Waals surface area contributed by atoms with Gasteiger partial charge in [-0.25, -0.2) is 8.78 Å². The van der Waals surface area contributed by atoms with E-state index in [1.165, 1.54) is 0 Å². The van der Waals surface area contributed by atoms with Crippen LogP contribution in [0.4, 0.5) is 14.5 Å². The number of aromatic nitrogens is 2. The Bertz CT molecular complexity index is 680. The van der Waals surface area contributed by atoms with E-state index in [9.17, 15) is 13.6 Å². The van der Waals surface area contributed by atoms with Crippen molar-refractivity contribution in [3.63, 3.8) is 0 Å². The van der Waals surface area contributed by atoms with Gasteiger partial charge in [0.2, 0.25) is 5.91 Å². The summed E-state index contributed by atoms with van der Waals surface area (Å²) in [5.74, 6) is -2.01. The van der Waals surface area contributed by atoms with Crippen LogP contribution >= 0.6 is 0 Å². The third-order valence-corrected chi connectivity index (χ3v) is 3.83. The molecule has 1 aromatic carbocycles. The molecule has 1 aliphatic rings. The summed E-state index contributed by atoms with van der Waals surface area (Å²) in [4.78, 5) is 12.4. The van der Waals surface area contributed by atoms with E-state index < -0.39 is 11.6 Å². The van der Waals surface area contributed by atoms with Gasteiger partial charge < -0.3 is 10.6 Å². The van der Waals surface area contributed by atoms with Crippen LogP contribution < -0.4 is 10.6 Å². The van der Waals surface area contributed by atoms with Crippen LogP contribution in [0.25, 0.3) is 0 Å². The minimum absolute atomic E-state index is 0.00731. The lowest BCUT2D eigenvalue weighted by atomic mass is 9.90. The molecule has 1 saturated heterocycles. The van der Waals surface area contributed by atoms with E-state index in [2.05, 4.69) is 15.7 Å². The summed E-state index contributed by atoms with van der Waals surface area (Å²) >= 11 is 0. The summed E-state index contributed by atoms with van der Waals surface area (Å²) < 4.78 is 28.1. The van der Waals surface area contributed by atoms with Gasteiger partial charge in [-0.1, -0.05) is 0 Å². The molecule has 2 heterocycles. The maximum atomic E-state index is 13.2. The Hall–Kier alpha value is -2.28. The monoisotopic (exact) mass is 306 g/mol. The number of hydrogen-bond donors (Lipinski definition) is 2. The topological polar surface area (TPSA) is 59.0 Å². The zero-order valence-electron chi connectivity index (χ0n) is 12.0. The third kappa shape index (κ3) is 2.99. The number of anilines is 1. The molecule has 2 N–H and O–H groups in total. The first-order valence-electron chi connectivity index (χ1n) is 6.99. The van der Waals surface area contributed by atoms with Gasteiger partial charge in [0.15, 0.2) is 0 Å². The van der Waals surface area contributed by atoms with Crippen molar-refractivity contribution in [3.8, 4) is 0 Å². The molecule has 2 aromatic rings. The zero-order valence-corrected chi connectivity index (χ0v) is 12.0.